The Morgan fingerprint density at radius 3 is 2.55 bits per heavy atom. The van der Waals surface area contributed by atoms with Gasteiger partial charge in [0.1, 0.15) is 5.82 Å². The SMILES string of the molecule is COC(=O)c1ccc2cccc(-c3c(C)cccc3F)c2c1. The van der Waals surface area contributed by atoms with E-state index in [0.717, 1.165) is 21.9 Å². The fourth-order valence-corrected chi connectivity index (χ4v) is 2.71. The summed E-state index contributed by atoms with van der Waals surface area (Å²) in [7, 11) is 1.35. The van der Waals surface area contributed by atoms with Gasteiger partial charge in [-0.1, -0.05) is 36.4 Å². The van der Waals surface area contributed by atoms with Gasteiger partial charge >= 0.3 is 5.97 Å². The Hall–Kier alpha value is -2.68. The van der Waals surface area contributed by atoms with E-state index in [2.05, 4.69) is 0 Å². The molecule has 0 aliphatic rings. The summed E-state index contributed by atoms with van der Waals surface area (Å²) in [4.78, 5) is 11.7. The van der Waals surface area contributed by atoms with E-state index in [1.165, 1.54) is 13.2 Å². The molecule has 2 nitrogen and oxygen atoms in total. The summed E-state index contributed by atoms with van der Waals surface area (Å²) in [5, 5.41) is 1.78. The number of rotatable bonds is 2. The maximum absolute atomic E-state index is 14.3. The van der Waals surface area contributed by atoms with Crippen molar-refractivity contribution in [3.05, 3.63) is 71.5 Å². The van der Waals surface area contributed by atoms with Gasteiger partial charge in [0.25, 0.3) is 0 Å². The molecule has 3 heteroatoms. The van der Waals surface area contributed by atoms with E-state index in [1.54, 1.807) is 18.2 Å². The van der Waals surface area contributed by atoms with Crippen LogP contribution >= 0.6 is 0 Å². The molecule has 3 rings (SSSR count). The molecule has 0 bridgehead atoms. The van der Waals surface area contributed by atoms with Gasteiger partial charge < -0.3 is 4.74 Å². The van der Waals surface area contributed by atoms with E-state index >= 15 is 0 Å². The molecular weight excluding hydrogens is 279 g/mol. The molecule has 0 saturated heterocycles. The van der Waals surface area contributed by atoms with Crippen LogP contribution in [-0.4, -0.2) is 13.1 Å². The Bertz CT molecular complexity index is 848. The van der Waals surface area contributed by atoms with Crippen molar-refractivity contribution < 1.29 is 13.9 Å². The van der Waals surface area contributed by atoms with E-state index in [0.29, 0.717) is 11.1 Å². The van der Waals surface area contributed by atoms with Crippen molar-refractivity contribution in [2.75, 3.05) is 7.11 Å². The number of fused-ring (bicyclic) bond motifs is 1. The first kappa shape index (κ1) is 14.3. The molecule has 0 amide bonds. The molecule has 0 unspecified atom stereocenters. The van der Waals surface area contributed by atoms with E-state index in [-0.39, 0.29) is 5.82 Å². The highest BCUT2D eigenvalue weighted by atomic mass is 19.1. The number of hydrogen-bond acceptors (Lipinski definition) is 2. The van der Waals surface area contributed by atoms with Gasteiger partial charge in [0.15, 0.2) is 0 Å². The minimum absolute atomic E-state index is 0.268. The van der Waals surface area contributed by atoms with Crippen LogP contribution in [0.5, 0.6) is 0 Å². The number of esters is 1. The number of hydrogen-bond donors (Lipinski definition) is 0. The van der Waals surface area contributed by atoms with Crippen LogP contribution in [0.4, 0.5) is 4.39 Å². The van der Waals surface area contributed by atoms with Crippen molar-refractivity contribution in [1.29, 1.82) is 0 Å². The topological polar surface area (TPSA) is 26.3 Å². The van der Waals surface area contributed by atoms with Gasteiger partial charge in [-0.3, -0.25) is 0 Å². The molecule has 22 heavy (non-hydrogen) atoms. The van der Waals surface area contributed by atoms with Crippen LogP contribution in [0.3, 0.4) is 0 Å². The highest BCUT2D eigenvalue weighted by Crippen LogP contribution is 2.33. The van der Waals surface area contributed by atoms with Crippen LogP contribution < -0.4 is 0 Å². The average Bonchev–Trinajstić information content (AvgIpc) is 2.53. The summed E-state index contributed by atoms with van der Waals surface area (Å²) in [6, 6.07) is 16.0. The molecule has 0 atom stereocenters. The van der Waals surface area contributed by atoms with Crippen LogP contribution in [0, 0.1) is 12.7 Å². The first-order valence-corrected chi connectivity index (χ1v) is 6.98. The fourth-order valence-electron chi connectivity index (χ4n) is 2.71. The first-order chi connectivity index (χ1) is 10.6. The summed E-state index contributed by atoms with van der Waals surface area (Å²) in [5.74, 6) is -0.669. The number of carbonyl (C=O) groups excluding carboxylic acids is 1. The van der Waals surface area contributed by atoms with Gasteiger partial charge in [0.05, 0.1) is 12.7 Å². The van der Waals surface area contributed by atoms with Crippen molar-refractivity contribution in [3.8, 4) is 11.1 Å². The van der Waals surface area contributed by atoms with Gasteiger partial charge in [-0.2, -0.15) is 0 Å². The third-order valence-corrected chi connectivity index (χ3v) is 3.79. The zero-order valence-electron chi connectivity index (χ0n) is 12.4. The summed E-state index contributed by atoms with van der Waals surface area (Å²) in [5.41, 5.74) is 2.65. The first-order valence-electron chi connectivity index (χ1n) is 6.98. The molecule has 0 aliphatic carbocycles. The second-order valence-electron chi connectivity index (χ2n) is 5.16. The lowest BCUT2D eigenvalue weighted by molar-refractivity contribution is 0.0601. The lowest BCUT2D eigenvalue weighted by Gasteiger charge is -2.12. The van der Waals surface area contributed by atoms with Gasteiger partial charge in [0, 0.05) is 5.56 Å². The number of halogens is 1. The lowest BCUT2D eigenvalue weighted by Crippen LogP contribution is -2.01. The minimum atomic E-state index is -0.401. The summed E-state index contributed by atoms with van der Waals surface area (Å²) in [6.45, 7) is 1.88. The molecule has 0 saturated carbocycles. The molecule has 0 fully saturated rings. The predicted octanol–water partition coefficient (Wildman–Crippen LogP) is 4.74. The maximum Gasteiger partial charge on any atom is 0.337 e. The molecule has 0 aromatic heterocycles. The smallest absolute Gasteiger partial charge is 0.337 e. The standard InChI is InChI=1S/C19H15FO2/c1-12-5-3-8-17(20)18(12)15-7-4-6-13-9-10-14(11-16(13)15)19(21)22-2/h3-11H,1-2H3. The average molecular weight is 294 g/mol. The number of aryl methyl sites for hydroxylation is 1. The predicted molar refractivity (Wildman–Crippen MR) is 85.4 cm³/mol. The van der Waals surface area contributed by atoms with Crippen molar-refractivity contribution in [3.63, 3.8) is 0 Å². The monoisotopic (exact) mass is 294 g/mol. The Kier molecular flexibility index (Phi) is 3.63. The fraction of sp³-hybridized carbons (Fsp3) is 0.105. The number of methoxy groups -OCH3 is 1. The van der Waals surface area contributed by atoms with Gasteiger partial charge in [-0.25, -0.2) is 9.18 Å². The highest BCUT2D eigenvalue weighted by molar-refractivity contribution is 6.02. The highest BCUT2D eigenvalue weighted by Gasteiger charge is 2.13. The van der Waals surface area contributed by atoms with Gasteiger partial charge in [-0.05, 0) is 47.0 Å². The Morgan fingerprint density at radius 2 is 1.82 bits per heavy atom. The van der Waals surface area contributed by atoms with E-state index < -0.39 is 5.97 Å². The molecule has 110 valence electrons. The lowest BCUT2D eigenvalue weighted by atomic mass is 9.94. The van der Waals surface area contributed by atoms with Gasteiger partial charge in [0.2, 0.25) is 0 Å². The summed E-state index contributed by atoms with van der Waals surface area (Å²) < 4.78 is 19.1. The van der Waals surface area contributed by atoms with Crippen molar-refractivity contribution in [1.82, 2.24) is 0 Å². The maximum atomic E-state index is 14.3. The second-order valence-corrected chi connectivity index (χ2v) is 5.16. The minimum Gasteiger partial charge on any atom is -0.465 e. The largest absolute Gasteiger partial charge is 0.465 e. The summed E-state index contributed by atoms with van der Waals surface area (Å²) >= 11 is 0. The van der Waals surface area contributed by atoms with E-state index in [9.17, 15) is 9.18 Å². The summed E-state index contributed by atoms with van der Waals surface area (Å²) in [6.07, 6.45) is 0. The molecule has 0 N–H and O–H groups in total. The Labute approximate surface area is 128 Å². The zero-order chi connectivity index (χ0) is 15.7. The van der Waals surface area contributed by atoms with Crippen molar-refractivity contribution >= 4 is 16.7 Å². The van der Waals surface area contributed by atoms with Gasteiger partial charge in [-0.15, -0.1) is 0 Å². The number of benzene rings is 3. The van der Waals surface area contributed by atoms with Crippen molar-refractivity contribution in [2.24, 2.45) is 0 Å². The van der Waals surface area contributed by atoms with E-state index in [1.807, 2.05) is 37.3 Å². The third kappa shape index (κ3) is 2.35. The van der Waals surface area contributed by atoms with Crippen LogP contribution in [0.25, 0.3) is 21.9 Å². The molecule has 0 spiro atoms. The molecular formula is C19H15FO2. The van der Waals surface area contributed by atoms with Crippen LogP contribution in [0.15, 0.2) is 54.6 Å². The molecule has 0 aliphatic heterocycles. The quantitative estimate of drug-likeness (QED) is 0.638. The number of carbonyl (C=O) groups is 1. The Morgan fingerprint density at radius 1 is 1.05 bits per heavy atom. The molecule has 3 aromatic rings. The van der Waals surface area contributed by atoms with Crippen LogP contribution in [0.2, 0.25) is 0 Å². The van der Waals surface area contributed by atoms with Crippen LogP contribution in [0.1, 0.15) is 15.9 Å². The molecule has 0 heterocycles. The molecule has 0 radical (unpaired) electrons. The normalized spacial score (nSPS) is 10.7. The van der Waals surface area contributed by atoms with Crippen LogP contribution in [-0.2, 0) is 4.74 Å². The third-order valence-electron chi connectivity index (χ3n) is 3.79. The number of ether oxygens (including phenoxy) is 1. The van der Waals surface area contributed by atoms with E-state index in [4.69, 9.17) is 4.74 Å². The second kappa shape index (κ2) is 5.60. The zero-order valence-corrected chi connectivity index (χ0v) is 12.4. The van der Waals surface area contributed by atoms with Crippen molar-refractivity contribution in [2.45, 2.75) is 6.92 Å². The molecule has 3 aromatic carbocycles. The Balaban J connectivity index is 2.32.